The second-order valence-corrected chi connectivity index (χ2v) is 6.19. The van der Waals surface area contributed by atoms with Crippen LogP contribution in [-0.4, -0.2) is 46.5 Å². The minimum Gasteiger partial charge on any atom is -0.497 e. The van der Waals surface area contributed by atoms with E-state index in [0.717, 1.165) is 28.6 Å². The summed E-state index contributed by atoms with van der Waals surface area (Å²) in [5.74, 6) is 2.85. The van der Waals surface area contributed by atoms with Crippen LogP contribution >= 0.6 is 11.8 Å². The van der Waals surface area contributed by atoms with Gasteiger partial charge in [-0.1, -0.05) is 11.8 Å². The van der Waals surface area contributed by atoms with Gasteiger partial charge in [-0.05, 0) is 48.5 Å². The van der Waals surface area contributed by atoms with Gasteiger partial charge < -0.3 is 14.6 Å². The molecule has 1 heterocycles. The Bertz CT molecular complexity index is 752. The Kier molecular flexibility index (Phi) is 5.57. The third kappa shape index (κ3) is 3.94. The van der Waals surface area contributed by atoms with Gasteiger partial charge in [0.25, 0.3) is 0 Å². The Morgan fingerprint density at radius 2 is 1.56 bits per heavy atom. The fourth-order valence-corrected chi connectivity index (χ4v) is 2.89. The van der Waals surface area contributed by atoms with Crippen LogP contribution in [0.1, 0.15) is 0 Å². The van der Waals surface area contributed by atoms with E-state index in [1.807, 2.05) is 48.5 Å². The van der Waals surface area contributed by atoms with Crippen LogP contribution in [0.25, 0.3) is 17.1 Å². The zero-order valence-corrected chi connectivity index (χ0v) is 14.9. The highest BCUT2D eigenvalue weighted by Gasteiger charge is 2.14. The number of aliphatic hydroxyl groups is 1. The van der Waals surface area contributed by atoms with Gasteiger partial charge in [0, 0.05) is 11.3 Å². The molecule has 7 heteroatoms. The highest BCUT2D eigenvalue weighted by Crippen LogP contribution is 2.27. The third-order valence-electron chi connectivity index (χ3n) is 3.58. The molecule has 0 atom stereocenters. The largest absolute Gasteiger partial charge is 0.497 e. The average Bonchev–Trinajstić information content (AvgIpc) is 3.10. The van der Waals surface area contributed by atoms with E-state index >= 15 is 0 Å². The number of thioether (sulfide) groups is 1. The quantitative estimate of drug-likeness (QED) is 0.656. The van der Waals surface area contributed by atoms with Crippen molar-refractivity contribution in [1.29, 1.82) is 0 Å². The molecule has 25 heavy (non-hydrogen) atoms. The Hall–Kier alpha value is -2.51. The normalized spacial score (nSPS) is 10.7. The summed E-state index contributed by atoms with van der Waals surface area (Å²) in [5, 5.41) is 14.2. The number of aliphatic hydroxyl groups excluding tert-OH is 1. The van der Waals surface area contributed by atoms with Crippen molar-refractivity contribution in [1.82, 2.24) is 14.8 Å². The van der Waals surface area contributed by atoms with Gasteiger partial charge >= 0.3 is 0 Å². The average molecular weight is 357 g/mol. The molecule has 0 aliphatic carbocycles. The van der Waals surface area contributed by atoms with E-state index in [9.17, 15) is 0 Å². The molecule has 6 nitrogen and oxygen atoms in total. The molecule has 0 saturated heterocycles. The highest BCUT2D eigenvalue weighted by molar-refractivity contribution is 7.99. The molecule has 1 N–H and O–H groups in total. The fourth-order valence-electron chi connectivity index (χ4n) is 2.32. The van der Waals surface area contributed by atoms with Gasteiger partial charge in [0.05, 0.1) is 26.5 Å². The molecule has 0 unspecified atom stereocenters. The smallest absolute Gasteiger partial charge is 0.209 e. The van der Waals surface area contributed by atoms with E-state index in [-0.39, 0.29) is 6.61 Å². The lowest BCUT2D eigenvalue weighted by Crippen LogP contribution is -2.00. The van der Waals surface area contributed by atoms with E-state index in [1.54, 1.807) is 18.9 Å². The summed E-state index contributed by atoms with van der Waals surface area (Å²) in [5.41, 5.74) is 1.81. The number of methoxy groups -OCH3 is 2. The molecule has 0 amide bonds. The summed E-state index contributed by atoms with van der Waals surface area (Å²) >= 11 is 1.42. The van der Waals surface area contributed by atoms with Gasteiger partial charge in [-0.2, -0.15) is 0 Å². The van der Waals surface area contributed by atoms with Crippen molar-refractivity contribution in [2.24, 2.45) is 0 Å². The third-order valence-corrected chi connectivity index (χ3v) is 4.39. The number of rotatable bonds is 7. The van der Waals surface area contributed by atoms with Gasteiger partial charge in [-0.3, -0.25) is 0 Å². The lowest BCUT2D eigenvalue weighted by atomic mass is 10.2. The van der Waals surface area contributed by atoms with E-state index < -0.39 is 0 Å². The Morgan fingerprint density at radius 3 is 2.12 bits per heavy atom. The molecule has 130 valence electrons. The Balaban J connectivity index is 2.02. The van der Waals surface area contributed by atoms with Crippen molar-refractivity contribution < 1.29 is 14.6 Å². The second-order valence-electron chi connectivity index (χ2n) is 5.13. The molecular weight excluding hydrogens is 338 g/mol. The van der Waals surface area contributed by atoms with Crippen molar-refractivity contribution in [2.75, 3.05) is 26.6 Å². The second kappa shape index (κ2) is 8.04. The van der Waals surface area contributed by atoms with Crippen molar-refractivity contribution in [3.05, 3.63) is 48.5 Å². The molecule has 0 bridgehead atoms. The minimum atomic E-state index is 0.0829. The van der Waals surface area contributed by atoms with Gasteiger partial charge in [-0.25, -0.2) is 9.67 Å². The predicted octanol–water partition coefficient (Wildman–Crippen LogP) is 3.04. The Labute approximate surface area is 150 Å². The number of benzene rings is 2. The standard InChI is InChI=1S/C18H19N3O3S/c1-23-15-7-3-13(4-8-15)17-19-18(25-12-11-22)20-21(17)14-5-9-16(24-2)10-6-14/h3-10,22H,11-12H2,1-2H3. The maximum atomic E-state index is 9.04. The summed E-state index contributed by atoms with van der Waals surface area (Å²) < 4.78 is 12.2. The molecule has 0 fully saturated rings. The van der Waals surface area contributed by atoms with E-state index in [2.05, 4.69) is 10.1 Å². The summed E-state index contributed by atoms with van der Waals surface area (Å²) in [6, 6.07) is 15.3. The molecule has 3 aromatic rings. The number of ether oxygens (including phenoxy) is 2. The first-order valence-corrected chi connectivity index (χ1v) is 8.73. The number of hydrogen-bond donors (Lipinski definition) is 1. The first kappa shape index (κ1) is 17.3. The van der Waals surface area contributed by atoms with Crippen LogP contribution in [0, 0.1) is 0 Å². The topological polar surface area (TPSA) is 69.4 Å². The summed E-state index contributed by atoms with van der Waals surface area (Å²) in [4.78, 5) is 4.62. The highest BCUT2D eigenvalue weighted by atomic mass is 32.2. The van der Waals surface area contributed by atoms with E-state index in [0.29, 0.717) is 10.9 Å². The zero-order chi connectivity index (χ0) is 17.6. The lowest BCUT2D eigenvalue weighted by Gasteiger charge is -2.07. The maximum absolute atomic E-state index is 9.04. The molecular formula is C18H19N3O3S. The van der Waals surface area contributed by atoms with Gasteiger partial charge in [-0.15, -0.1) is 5.10 Å². The molecule has 0 spiro atoms. The van der Waals surface area contributed by atoms with E-state index in [4.69, 9.17) is 14.6 Å². The molecule has 2 aromatic carbocycles. The molecule has 3 rings (SSSR count). The Morgan fingerprint density at radius 1 is 0.960 bits per heavy atom. The number of nitrogens with zero attached hydrogens (tertiary/aromatic N) is 3. The molecule has 0 aliphatic heterocycles. The van der Waals surface area contributed by atoms with Crippen molar-refractivity contribution in [2.45, 2.75) is 5.16 Å². The van der Waals surface area contributed by atoms with Crippen LogP contribution < -0.4 is 9.47 Å². The van der Waals surface area contributed by atoms with E-state index in [1.165, 1.54) is 11.8 Å². The van der Waals surface area contributed by atoms with Crippen LogP contribution in [0.2, 0.25) is 0 Å². The van der Waals surface area contributed by atoms with Crippen LogP contribution in [0.5, 0.6) is 11.5 Å². The summed E-state index contributed by atoms with van der Waals surface area (Å²) in [6.07, 6.45) is 0. The van der Waals surface area contributed by atoms with Crippen molar-refractivity contribution in [3.63, 3.8) is 0 Å². The van der Waals surface area contributed by atoms with Gasteiger partial charge in [0.15, 0.2) is 5.82 Å². The monoisotopic (exact) mass is 357 g/mol. The van der Waals surface area contributed by atoms with Crippen LogP contribution in [0.4, 0.5) is 0 Å². The number of aromatic nitrogens is 3. The first-order chi connectivity index (χ1) is 12.2. The SMILES string of the molecule is COc1ccc(-c2nc(SCCO)nn2-c2ccc(OC)cc2)cc1. The predicted molar refractivity (Wildman–Crippen MR) is 97.7 cm³/mol. The maximum Gasteiger partial charge on any atom is 0.209 e. The fraction of sp³-hybridized carbons (Fsp3) is 0.222. The zero-order valence-electron chi connectivity index (χ0n) is 14.0. The summed E-state index contributed by atoms with van der Waals surface area (Å²) in [6.45, 7) is 0.0829. The molecule has 0 aliphatic rings. The first-order valence-electron chi connectivity index (χ1n) is 7.74. The van der Waals surface area contributed by atoms with Crippen LogP contribution in [0.15, 0.2) is 53.7 Å². The number of hydrogen-bond acceptors (Lipinski definition) is 6. The molecule has 0 radical (unpaired) electrons. The van der Waals surface area contributed by atoms with Crippen LogP contribution in [-0.2, 0) is 0 Å². The molecule has 0 saturated carbocycles. The van der Waals surface area contributed by atoms with Crippen molar-refractivity contribution >= 4 is 11.8 Å². The minimum absolute atomic E-state index is 0.0829. The molecule has 1 aromatic heterocycles. The summed E-state index contributed by atoms with van der Waals surface area (Å²) in [7, 11) is 3.27. The van der Waals surface area contributed by atoms with Crippen LogP contribution in [0.3, 0.4) is 0 Å². The van der Waals surface area contributed by atoms with Crippen molar-refractivity contribution in [3.8, 4) is 28.6 Å². The lowest BCUT2D eigenvalue weighted by molar-refractivity contribution is 0.322. The van der Waals surface area contributed by atoms with Gasteiger partial charge in [0.2, 0.25) is 5.16 Å². The van der Waals surface area contributed by atoms with Gasteiger partial charge in [0.1, 0.15) is 11.5 Å².